The van der Waals surface area contributed by atoms with Crippen LogP contribution < -0.4 is 0 Å². The van der Waals surface area contributed by atoms with Gasteiger partial charge in [0.15, 0.2) is 12.6 Å². The van der Waals surface area contributed by atoms with E-state index in [9.17, 15) is 10.2 Å². The molecule has 0 aliphatic carbocycles. The highest BCUT2D eigenvalue weighted by Gasteiger charge is 2.44. The third-order valence-electron chi connectivity index (χ3n) is 4.62. The largest absolute Gasteiger partial charge is 0.388 e. The third-order valence-corrected chi connectivity index (χ3v) is 4.62. The standard InChI is InChI=1S/C20H22O6/c21-15-11-23-19(13-7-3-1-4-8-13)25-17(15)18-16(22)12-24-20(26-18)14-9-5-2-6-10-14/h1-10,15-22H,11-12H2/t15-,16-,17-,18-,19+,20+/m1/s1. The van der Waals surface area contributed by atoms with Gasteiger partial charge in [-0.3, -0.25) is 0 Å². The van der Waals surface area contributed by atoms with Gasteiger partial charge in [-0.15, -0.1) is 0 Å². The summed E-state index contributed by atoms with van der Waals surface area (Å²) < 4.78 is 23.1. The molecule has 4 rings (SSSR count). The first-order valence-electron chi connectivity index (χ1n) is 8.72. The predicted octanol–water partition coefficient (Wildman–Crippen LogP) is 1.94. The first-order valence-corrected chi connectivity index (χ1v) is 8.72. The number of ether oxygens (including phenoxy) is 4. The zero-order valence-electron chi connectivity index (χ0n) is 14.2. The summed E-state index contributed by atoms with van der Waals surface area (Å²) in [6, 6.07) is 19.0. The van der Waals surface area contributed by atoms with Crippen LogP contribution in [0.25, 0.3) is 0 Å². The fourth-order valence-electron chi connectivity index (χ4n) is 3.27. The maximum atomic E-state index is 10.4. The minimum Gasteiger partial charge on any atom is -0.388 e. The Bertz CT molecular complexity index is 632. The first-order chi connectivity index (χ1) is 12.7. The Morgan fingerprint density at radius 3 is 1.38 bits per heavy atom. The lowest BCUT2D eigenvalue weighted by Gasteiger charge is -2.43. The van der Waals surface area contributed by atoms with Crippen molar-refractivity contribution in [2.75, 3.05) is 13.2 Å². The van der Waals surface area contributed by atoms with Crippen molar-refractivity contribution in [1.29, 1.82) is 0 Å². The average Bonchev–Trinajstić information content (AvgIpc) is 2.70. The maximum absolute atomic E-state index is 10.4. The topological polar surface area (TPSA) is 77.4 Å². The predicted molar refractivity (Wildman–Crippen MR) is 92.0 cm³/mol. The lowest BCUT2D eigenvalue weighted by atomic mass is 10.0. The highest BCUT2D eigenvalue weighted by Crippen LogP contribution is 2.34. The maximum Gasteiger partial charge on any atom is 0.184 e. The summed E-state index contributed by atoms with van der Waals surface area (Å²) in [6.45, 7) is 0.210. The molecule has 0 spiro atoms. The zero-order valence-corrected chi connectivity index (χ0v) is 14.2. The van der Waals surface area contributed by atoms with Gasteiger partial charge in [-0.2, -0.15) is 0 Å². The van der Waals surface area contributed by atoms with Crippen molar-refractivity contribution in [2.24, 2.45) is 0 Å². The summed E-state index contributed by atoms with van der Waals surface area (Å²) in [4.78, 5) is 0. The summed E-state index contributed by atoms with van der Waals surface area (Å²) >= 11 is 0. The molecular weight excluding hydrogens is 336 g/mol. The van der Waals surface area contributed by atoms with Crippen molar-refractivity contribution in [3.05, 3.63) is 71.8 Å². The molecule has 2 saturated heterocycles. The van der Waals surface area contributed by atoms with Crippen molar-refractivity contribution in [3.8, 4) is 0 Å². The summed E-state index contributed by atoms with van der Waals surface area (Å²) in [5, 5.41) is 20.8. The Kier molecular flexibility index (Phi) is 5.31. The van der Waals surface area contributed by atoms with E-state index in [1.807, 2.05) is 60.7 Å². The number of aliphatic hydroxyl groups is 2. The summed E-state index contributed by atoms with van der Waals surface area (Å²) in [5.74, 6) is 0. The molecule has 26 heavy (non-hydrogen) atoms. The van der Waals surface area contributed by atoms with Gasteiger partial charge in [0.05, 0.1) is 13.2 Å². The van der Waals surface area contributed by atoms with Gasteiger partial charge >= 0.3 is 0 Å². The van der Waals surface area contributed by atoms with Crippen molar-refractivity contribution >= 4 is 0 Å². The molecule has 2 aromatic rings. The van der Waals surface area contributed by atoms with E-state index in [1.165, 1.54) is 0 Å². The first kappa shape index (κ1) is 17.6. The molecule has 0 radical (unpaired) electrons. The van der Waals surface area contributed by atoms with Crippen LogP contribution in [0.15, 0.2) is 60.7 Å². The van der Waals surface area contributed by atoms with E-state index < -0.39 is 37.0 Å². The van der Waals surface area contributed by atoms with Crippen LogP contribution in [-0.4, -0.2) is 47.8 Å². The van der Waals surface area contributed by atoms with E-state index in [1.54, 1.807) is 0 Å². The molecule has 2 heterocycles. The molecule has 6 nitrogen and oxygen atoms in total. The zero-order chi connectivity index (χ0) is 17.9. The van der Waals surface area contributed by atoms with E-state index in [0.717, 1.165) is 11.1 Å². The lowest BCUT2D eigenvalue weighted by molar-refractivity contribution is -0.331. The van der Waals surface area contributed by atoms with Crippen LogP contribution in [0, 0.1) is 0 Å². The quantitative estimate of drug-likeness (QED) is 0.873. The summed E-state index contributed by atoms with van der Waals surface area (Å²) in [7, 11) is 0. The molecule has 6 heteroatoms. The van der Waals surface area contributed by atoms with Gasteiger partial charge in [0.2, 0.25) is 0 Å². The van der Waals surface area contributed by atoms with E-state index >= 15 is 0 Å². The molecule has 2 fully saturated rings. The molecule has 2 aromatic carbocycles. The number of hydrogen-bond donors (Lipinski definition) is 2. The van der Waals surface area contributed by atoms with Crippen LogP contribution >= 0.6 is 0 Å². The molecule has 138 valence electrons. The molecular formula is C20H22O6. The minimum atomic E-state index is -0.899. The Morgan fingerprint density at radius 2 is 1.00 bits per heavy atom. The number of hydrogen-bond acceptors (Lipinski definition) is 6. The monoisotopic (exact) mass is 358 g/mol. The van der Waals surface area contributed by atoms with E-state index in [4.69, 9.17) is 18.9 Å². The summed E-state index contributed by atoms with van der Waals surface area (Å²) in [5.41, 5.74) is 1.70. The number of benzene rings is 2. The van der Waals surface area contributed by atoms with Gasteiger partial charge in [-0.25, -0.2) is 0 Å². The molecule has 0 amide bonds. The molecule has 0 bridgehead atoms. The van der Waals surface area contributed by atoms with Gasteiger partial charge in [-0.1, -0.05) is 60.7 Å². The van der Waals surface area contributed by atoms with Crippen LogP contribution in [0.2, 0.25) is 0 Å². The average molecular weight is 358 g/mol. The highest BCUT2D eigenvalue weighted by molar-refractivity contribution is 5.18. The van der Waals surface area contributed by atoms with Crippen LogP contribution in [-0.2, 0) is 18.9 Å². The Morgan fingerprint density at radius 1 is 0.615 bits per heavy atom. The lowest BCUT2D eigenvalue weighted by Crippen LogP contribution is -2.55. The number of rotatable bonds is 3. The molecule has 2 N–H and O–H groups in total. The Labute approximate surface area is 151 Å². The second kappa shape index (κ2) is 7.84. The number of aliphatic hydroxyl groups excluding tert-OH is 2. The molecule has 6 atom stereocenters. The van der Waals surface area contributed by atoms with Gasteiger partial charge in [0.25, 0.3) is 0 Å². The van der Waals surface area contributed by atoms with Gasteiger partial charge in [-0.05, 0) is 0 Å². The van der Waals surface area contributed by atoms with Crippen LogP contribution in [0.4, 0.5) is 0 Å². The smallest absolute Gasteiger partial charge is 0.184 e. The van der Waals surface area contributed by atoms with Crippen LogP contribution in [0.1, 0.15) is 23.7 Å². The van der Waals surface area contributed by atoms with Crippen LogP contribution in [0.3, 0.4) is 0 Å². The van der Waals surface area contributed by atoms with Gasteiger partial charge in [0, 0.05) is 11.1 Å². The van der Waals surface area contributed by atoms with E-state index in [2.05, 4.69) is 0 Å². The minimum absolute atomic E-state index is 0.105. The normalized spacial score (nSPS) is 35.2. The van der Waals surface area contributed by atoms with Crippen molar-refractivity contribution in [2.45, 2.75) is 37.0 Å². The van der Waals surface area contributed by atoms with Gasteiger partial charge < -0.3 is 29.2 Å². The second-order valence-corrected chi connectivity index (χ2v) is 6.49. The second-order valence-electron chi connectivity index (χ2n) is 6.49. The molecule has 0 unspecified atom stereocenters. The SMILES string of the molecule is O[C@@H]1CO[C@H](c2ccccc2)O[C@H]1[C@@H]1O[C@@H](c2ccccc2)OC[C@H]1O. The van der Waals surface area contributed by atoms with Crippen molar-refractivity contribution < 1.29 is 29.2 Å². The molecule has 2 aliphatic rings. The third kappa shape index (κ3) is 3.66. The fraction of sp³-hybridized carbons (Fsp3) is 0.400. The fourth-order valence-corrected chi connectivity index (χ4v) is 3.27. The van der Waals surface area contributed by atoms with E-state index in [0.29, 0.717) is 0 Å². The Balaban J connectivity index is 1.51. The van der Waals surface area contributed by atoms with Crippen LogP contribution in [0.5, 0.6) is 0 Å². The Hall–Kier alpha value is -1.80. The van der Waals surface area contributed by atoms with Crippen molar-refractivity contribution in [1.82, 2.24) is 0 Å². The highest BCUT2D eigenvalue weighted by atomic mass is 16.7. The van der Waals surface area contributed by atoms with E-state index in [-0.39, 0.29) is 13.2 Å². The molecule has 0 aromatic heterocycles. The van der Waals surface area contributed by atoms with Crippen molar-refractivity contribution in [3.63, 3.8) is 0 Å². The van der Waals surface area contributed by atoms with Gasteiger partial charge in [0.1, 0.15) is 24.4 Å². The molecule has 2 aliphatic heterocycles. The summed E-state index contributed by atoms with van der Waals surface area (Å²) in [6.07, 6.45) is -4.47. The molecule has 0 saturated carbocycles.